The third kappa shape index (κ3) is 3.10. The van der Waals surface area contributed by atoms with Crippen molar-refractivity contribution < 1.29 is 9.59 Å². The number of likely N-dealkylation sites (tertiary alicyclic amines) is 3. The summed E-state index contributed by atoms with van der Waals surface area (Å²) >= 11 is 0. The highest BCUT2D eigenvalue weighted by atomic mass is 16.2. The summed E-state index contributed by atoms with van der Waals surface area (Å²) in [6.07, 6.45) is 4.41. The van der Waals surface area contributed by atoms with Crippen molar-refractivity contribution in [3.8, 4) is 0 Å². The minimum absolute atomic E-state index is 0.134. The normalized spacial score (nSPS) is 26.3. The van der Waals surface area contributed by atoms with Crippen molar-refractivity contribution in [1.29, 1.82) is 0 Å². The number of hydrogen-bond acceptors (Lipinski definition) is 3. The zero-order valence-corrected chi connectivity index (χ0v) is 14.9. The van der Waals surface area contributed by atoms with Crippen molar-refractivity contribution >= 4 is 11.9 Å². The van der Waals surface area contributed by atoms with E-state index in [1.807, 2.05) is 39.8 Å². The predicted octanol–water partition coefficient (Wildman–Crippen LogP) is 2.17. The first-order chi connectivity index (χ1) is 12.1. The summed E-state index contributed by atoms with van der Waals surface area (Å²) in [5.41, 5.74) is 1.90. The number of piperidine rings is 1. The van der Waals surface area contributed by atoms with Crippen molar-refractivity contribution in [2.24, 2.45) is 0 Å². The topological polar surface area (TPSA) is 56.8 Å². The van der Waals surface area contributed by atoms with Crippen molar-refractivity contribution in [3.05, 3.63) is 29.6 Å². The van der Waals surface area contributed by atoms with Gasteiger partial charge in [-0.15, -0.1) is 0 Å². The zero-order valence-electron chi connectivity index (χ0n) is 14.9. The lowest BCUT2D eigenvalue weighted by Gasteiger charge is -2.40. The molecule has 4 rings (SSSR count). The van der Waals surface area contributed by atoms with Gasteiger partial charge in [0.25, 0.3) is 0 Å². The SMILES string of the molecule is Cc1cccc(CN2C(=O)CC[C@@H]3[C@H]2CCN3C(=O)N2CCCC2)n1. The van der Waals surface area contributed by atoms with E-state index in [-0.39, 0.29) is 24.0 Å². The Morgan fingerprint density at radius 3 is 2.72 bits per heavy atom. The van der Waals surface area contributed by atoms with Gasteiger partial charge in [0.15, 0.2) is 0 Å². The van der Waals surface area contributed by atoms with Crippen LogP contribution in [-0.2, 0) is 11.3 Å². The Balaban J connectivity index is 1.50. The molecule has 6 heteroatoms. The summed E-state index contributed by atoms with van der Waals surface area (Å²) < 4.78 is 0. The molecule has 0 bridgehead atoms. The van der Waals surface area contributed by atoms with E-state index in [4.69, 9.17) is 0 Å². The molecule has 0 radical (unpaired) electrons. The van der Waals surface area contributed by atoms with Crippen LogP contribution in [0.1, 0.15) is 43.5 Å². The molecule has 0 aliphatic carbocycles. The fourth-order valence-corrected chi connectivity index (χ4v) is 4.54. The average Bonchev–Trinajstić information content (AvgIpc) is 3.26. The maximum atomic E-state index is 12.8. The lowest BCUT2D eigenvalue weighted by Crippen LogP contribution is -2.54. The molecule has 0 N–H and O–H groups in total. The molecule has 1 aromatic rings. The first kappa shape index (κ1) is 16.4. The standard InChI is InChI=1S/C19H26N4O2/c1-14-5-4-6-15(20-14)13-23-17-9-12-22(16(17)7-8-18(23)24)19(25)21-10-2-3-11-21/h4-6,16-17H,2-3,7-13H2,1H3/t16-,17-/m1/s1. The number of pyridine rings is 1. The second kappa shape index (κ2) is 6.65. The van der Waals surface area contributed by atoms with Crippen molar-refractivity contribution in [3.63, 3.8) is 0 Å². The third-order valence-corrected chi connectivity index (χ3v) is 5.79. The smallest absolute Gasteiger partial charge is 0.320 e. The van der Waals surface area contributed by atoms with Crippen molar-refractivity contribution in [1.82, 2.24) is 19.7 Å². The molecule has 3 fully saturated rings. The highest BCUT2D eigenvalue weighted by Gasteiger charge is 2.45. The van der Waals surface area contributed by atoms with Gasteiger partial charge in [-0.1, -0.05) is 6.07 Å². The predicted molar refractivity (Wildman–Crippen MR) is 93.9 cm³/mol. The molecule has 3 aliphatic rings. The Morgan fingerprint density at radius 1 is 1.16 bits per heavy atom. The Morgan fingerprint density at radius 2 is 1.96 bits per heavy atom. The number of hydrogen-bond donors (Lipinski definition) is 0. The number of aryl methyl sites for hydroxylation is 1. The van der Waals surface area contributed by atoms with Gasteiger partial charge < -0.3 is 14.7 Å². The summed E-state index contributed by atoms with van der Waals surface area (Å²) in [6.45, 7) is 5.03. The van der Waals surface area contributed by atoms with Crippen LogP contribution < -0.4 is 0 Å². The average molecular weight is 342 g/mol. The van der Waals surface area contributed by atoms with Crippen LogP contribution >= 0.6 is 0 Å². The van der Waals surface area contributed by atoms with Crippen LogP contribution in [0.25, 0.3) is 0 Å². The number of fused-ring (bicyclic) bond motifs is 1. The summed E-state index contributed by atoms with van der Waals surface area (Å²) in [5, 5.41) is 0. The van der Waals surface area contributed by atoms with Gasteiger partial charge in [0.1, 0.15) is 0 Å². The van der Waals surface area contributed by atoms with E-state index in [2.05, 4.69) is 4.98 Å². The minimum atomic E-state index is 0.134. The van der Waals surface area contributed by atoms with E-state index in [0.29, 0.717) is 13.0 Å². The Labute approximate surface area is 148 Å². The number of rotatable bonds is 2. The number of carbonyl (C=O) groups is 2. The molecule has 3 aliphatic heterocycles. The maximum Gasteiger partial charge on any atom is 0.320 e. The Bertz CT molecular complexity index is 671. The number of urea groups is 1. The van der Waals surface area contributed by atoms with Crippen LogP contribution in [0.4, 0.5) is 4.79 Å². The molecule has 3 amide bonds. The summed E-state index contributed by atoms with van der Waals surface area (Å²) in [7, 11) is 0. The van der Waals surface area contributed by atoms with Crippen LogP contribution in [0.15, 0.2) is 18.2 Å². The summed E-state index contributed by atoms with van der Waals surface area (Å²) in [5.74, 6) is 0.194. The van der Waals surface area contributed by atoms with Crippen molar-refractivity contribution in [2.45, 2.75) is 57.7 Å². The lowest BCUT2D eigenvalue weighted by molar-refractivity contribution is -0.138. The fraction of sp³-hybridized carbons (Fsp3) is 0.632. The first-order valence-electron chi connectivity index (χ1n) is 9.41. The molecule has 1 aromatic heterocycles. The third-order valence-electron chi connectivity index (χ3n) is 5.79. The van der Waals surface area contributed by atoms with Gasteiger partial charge in [-0.2, -0.15) is 0 Å². The molecule has 0 aromatic carbocycles. The Hall–Kier alpha value is -2.11. The molecular weight excluding hydrogens is 316 g/mol. The zero-order chi connectivity index (χ0) is 17.4. The number of nitrogens with zero attached hydrogens (tertiary/aromatic N) is 4. The summed E-state index contributed by atoms with van der Waals surface area (Å²) in [4.78, 5) is 35.9. The molecule has 134 valence electrons. The molecule has 4 heterocycles. The molecule has 25 heavy (non-hydrogen) atoms. The molecule has 0 spiro atoms. The van der Waals surface area contributed by atoms with E-state index in [1.165, 1.54) is 0 Å². The second-order valence-corrected chi connectivity index (χ2v) is 7.42. The van der Waals surface area contributed by atoms with Crippen LogP contribution in [-0.4, -0.2) is 63.3 Å². The molecular formula is C19H26N4O2. The molecule has 2 atom stereocenters. The van der Waals surface area contributed by atoms with Crippen LogP contribution in [0.3, 0.4) is 0 Å². The highest BCUT2D eigenvalue weighted by molar-refractivity contribution is 5.80. The van der Waals surface area contributed by atoms with E-state index in [9.17, 15) is 9.59 Å². The first-order valence-corrected chi connectivity index (χ1v) is 9.41. The summed E-state index contributed by atoms with van der Waals surface area (Å²) in [6, 6.07) is 6.41. The fourth-order valence-electron chi connectivity index (χ4n) is 4.54. The number of carbonyl (C=O) groups excluding carboxylic acids is 2. The van der Waals surface area contributed by atoms with Gasteiger partial charge >= 0.3 is 6.03 Å². The van der Waals surface area contributed by atoms with Crippen LogP contribution in [0.2, 0.25) is 0 Å². The van der Waals surface area contributed by atoms with E-state index in [1.54, 1.807) is 0 Å². The van der Waals surface area contributed by atoms with Crippen LogP contribution in [0, 0.1) is 6.92 Å². The maximum absolute atomic E-state index is 12.8. The second-order valence-electron chi connectivity index (χ2n) is 7.42. The molecule has 6 nitrogen and oxygen atoms in total. The minimum Gasteiger partial charge on any atom is -0.332 e. The van der Waals surface area contributed by atoms with Gasteiger partial charge in [-0.3, -0.25) is 9.78 Å². The van der Waals surface area contributed by atoms with Gasteiger partial charge in [-0.05, 0) is 44.7 Å². The largest absolute Gasteiger partial charge is 0.332 e. The molecule has 0 unspecified atom stereocenters. The molecule has 3 saturated heterocycles. The number of aromatic nitrogens is 1. The monoisotopic (exact) mass is 342 g/mol. The van der Waals surface area contributed by atoms with Gasteiger partial charge in [0, 0.05) is 31.7 Å². The van der Waals surface area contributed by atoms with E-state index < -0.39 is 0 Å². The van der Waals surface area contributed by atoms with Crippen molar-refractivity contribution in [2.75, 3.05) is 19.6 Å². The van der Waals surface area contributed by atoms with E-state index in [0.717, 1.165) is 56.7 Å². The van der Waals surface area contributed by atoms with Crippen LogP contribution in [0.5, 0.6) is 0 Å². The van der Waals surface area contributed by atoms with Gasteiger partial charge in [-0.25, -0.2) is 4.79 Å². The lowest BCUT2D eigenvalue weighted by atomic mass is 9.96. The van der Waals surface area contributed by atoms with E-state index >= 15 is 0 Å². The van der Waals surface area contributed by atoms with Gasteiger partial charge in [0.05, 0.1) is 24.3 Å². The van der Waals surface area contributed by atoms with Gasteiger partial charge in [0.2, 0.25) is 5.91 Å². The Kier molecular flexibility index (Phi) is 4.36. The highest BCUT2D eigenvalue weighted by Crippen LogP contribution is 2.33. The number of amides is 3. The molecule has 0 saturated carbocycles. The quantitative estimate of drug-likeness (QED) is 0.828.